The van der Waals surface area contributed by atoms with E-state index in [1.54, 1.807) is 0 Å². The molecule has 6 nitrogen and oxygen atoms in total. The minimum absolute atomic E-state index is 0.0542. The quantitative estimate of drug-likeness (QED) is 0.517. The molecule has 9 heteroatoms. The van der Waals surface area contributed by atoms with Crippen molar-refractivity contribution in [2.45, 2.75) is 45.8 Å². The molecule has 1 amide bonds. The van der Waals surface area contributed by atoms with Gasteiger partial charge >= 0.3 is 0 Å². The highest BCUT2D eigenvalue weighted by atomic mass is 79.9. The fraction of sp³-hybridized carbons (Fsp3) is 0.348. The molecule has 1 aromatic heterocycles. The van der Waals surface area contributed by atoms with Gasteiger partial charge < -0.3 is 10.8 Å². The molecule has 2 atom stereocenters. The van der Waals surface area contributed by atoms with Crippen LogP contribution in [0.1, 0.15) is 45.0 Å². The summed E-state index contributed by atoms with van der Waals surface area (Å²) in [5.41, 5.74) is 3.60. The van der Waals surface area contributed by atoms with Crippen LogP contribution in [-0.4, -0.2) is 31.4 Å². The van der Waals surface area contributed by atoms with Crippen LogP contribution in [0.5, 0.6) is 0 Å². The van der Waals surface area contributed by atoms with E-state index < -0.39 is 34.5 Å². The Balaban J connectivity index is 2.25. The van der Waals surface area contributed by atoms with Gasteiger partial charge in [0.05, 0.1) is 18.0 Å². The molecule has 0 saturated heterocycles. The maximum Gasteiger partial charge on any atom is 0.249 e. The number of carbonyl (C=O) groups is 1. The van der Waals surface area contributed by atoms with E-state index in [1.807, 2.05) is 45.0 Å². The van der Waals surface area contributed by atoms with Crippen LogP contribution in [0.3, 0.4) is 0 Å². The number of amides is 1. The predicted octanol–water partition coefficient (Wildman–Crippen LogP) is 4.40. The zero-order chi connectivity index (χ0) is 23.8. The molecule has 0 fully saturated rings. The Kier molecular flexibility index (Phi) is 6.53. The normalized spacial score (nSPS) is 14.8. The highest BCUT2D eigenvalue weighted by Gasteiger charge is 2.48. The van der Waals surface area contributed by atoms with Crippen LogP contribution < -0.4 is 5.73 Å². The van der Waals surface area contributed by atoms with Crippen LogP contribution in [0.25, 0.3) is 11.4 Å². The van der Waals surface area contributed by atoms with Gasteiger partial charge in [-0.1, -0.05) is 48.8 Å². The van der Waals surface area contributed by atoms with Crippen molar-refractivity contribution in [2.24, 2.45) is 11.1 Å². The van der Waals surface area contributed by atoms with E-state index in [2.05, 4.69) is 26.0 Å². The summed E-state index contributed by atoms with van der Waals surface area (Å²) >= 11 is 3.43. The molecule has 0 aliphatic rings. The second-order valence-corrected chi connectivity index (χ2v) is 9.93. The number of carbonyl (C=O) groups excluding carboxylic acids is 1. The summed E-state index contributed by atoms with van der Waals surface area (Å²) < 4.78 is 30.7. The number of hydrogen-bond donors (Lipinski definition) is 2. The van der Waals surface area contributed by atoms with Crippen molar-refractivity contribution >= 4 is 21.8 Å². The predicted molar refractivity (Wildman–Crippen MR) is 121 cm³/mol. The Morgan fingerprint density at radius 3 is 2.47 bits per heavy atom. The third-order valence-corrected chi connectivity index (χ3v) is 5.77. The van der Waals surface area contributed by atoms with Crippen molar-refractivity contribution in [3.63, 3.8) is 0 Å². The summed E-state index contributed by atoms with van der Waals surface area (Å²) in [6.45, 7) is 7.03. The summed E-state index contributed by atoms with van der Waals surface area (Å²) in [5.74, 6) is -2.96. The fourth-order valence-corrected chi connectivity index (χ4v) is 4.35. The number of aliphatic hydroxyl groups is 1. The van der Waals surface area contributed by atoms with E-state index in [9.17, 15) is 18.7 Å². The lowest BCUT2D eigenvalue weighted by Gasteiger charge is -2.38. The van der Waals surface area contributed by atoms with Gasteiger partial charge in [0.2, 0.25) is 5.91 Å². The van der Waals surface area contributed by atoms with Crippen LogP contribution in [0.2, 0.25) is 0 Å². The van der Waals surface area contributed by atoms with Crippen molar-refractivity contribution in [2.75, 3.05) is 0 Å². The minimum atomic E-state index is -1.97. The van der Waals surface area contributed by atoms with E-state index >= 15 is 0 Å². The lowest BCUT2D eigenvalue weighted by Crippen LogP contribution is -2.51. The first-order valence-corrected chi connectivity index (χ1v) is 10.8. The zero-order valence-corrected chi connectivity index (χ0v) is 19.8. The van der Waals surface area contributed by atoms with E-state index in [0.29, 0.717) is 0 Å². The molecular weight excluding hydrogens is 482 g/mol. The largest absolute Gasteiger partial charge is 0.380 e. The Morgan fingerprint density at radius 2 is 1.88 bits per heavy atom. The summed E-state index contributed by atoms with van der Waals surface area (Å²) in [6.07, 6.45) is 0. The third-order valence-electron chi connectivity index (χ3n) is 5.28. The first-order valence-electron chi connectivity index (χ1n) is 9.97. The topological polar surface area (TPSA) is 94.0 Å². The molecule has 3 N–H and O–H groups in total. The number of nitrogens with two attached hydrogens (primary N) is 1. The number of benzene rings is 2. The second-order valence-electron chi connectivity index (χ2n) is 9.02. The molecular formula is C23H25BrF2N4O2. The molecule has 3 rings (SSSR count). The van der Waals surface area contributed by atoms with Crippen molar-refractivity contribution < 1.29 is 18.7 Å². The van der Waals surface area contributed by atoms with Gasteiger partial charge in [-0.2, -0.15) is 5.10 Å². The molecule has 0 bridgehead atoms. The lowest BCUT2D eigenvalue weighted by atomic mass is 9.70. The van der Waals surface area contributed by atoms with Crippen LogP contribution in [0, 0.1) is 17.0 Å². The lowest BCUT2D eigenvalue weighted by molar-refractivity contribution is -0.140. The van der Waals surface area contributed by atoms with E-state index in [0.717, 1.165) is 28.2 Å². The summed E-state index contributed by atoms with van der Waals surface area (Å²) in [5, 5.41) is 15.5. The van der Waals surface area contributed by atoms with E-state index in [-0.39, 0.29) is 23.8 Å². The standard InChI is InChI=1S/C23H25BrF2N4O2/c1-22(2,3)18(23(4,32)21(27)31)20-28-19(16-11-15(25)8-9-17(16)26)29-30(20)12-13-6-5-7-14(24)10-13/h5-11,18,32H,12H2,1-4H3,(H2,27,31)/t18-,23?/m0/s1. The van der Waals surface area contributed by atoms with Gasteiger partial charge in [-0.05, 0) is 48.2 Å². The summed E-state index contributed by atoms with van der Waals surface area (Å²) in [4.78, 5) is 16.7. The summed E-state index contributed by atoms with van der Waals surface area (Å²) in [6, 6.07) is 10.5. The highest BCUT2D eigenvalue weighted by Crippen LogP contribution is 2.43. The van der Waals surface area contributed by atoms with Gasteiger partial charge in [-0.3, -0.25) is 4.79 Å². The Bertz CT molecular complexity index is 1160. The minimum Gasteiger partial charge on any atom is -0.380 e. The van der Waals surface area contributed by atoms with Crippen molar-refractivity contribution in [1.82, 2.24) is 14.8 Å². The van der Waals surface area contributed by atoms with E-state index in [4.69, 9.17) is 5.73 Å². The Labute approximate surface area is 193 Å². The number of nitrogens with zero attached hydrogens (tertiary/aromatic N) is 3. The smallest absolute Gasteiger partial charge is 0.249 e. The number of aromatic nitrogens is 3. The molecule has 0 saturated carbocycles. The summed E-state index contributed by atoms with van der Waals surface area (Å²) in [7, 11) is 0. The molecule has 3 aromatic rings. The van der Waals surface area contributed by atoms with Crippen molar-refractivity contribution in [3.05, 3.63) is 70.0 Å². The van der Waals surface area contributed by atoms with Crippen molar-refractivity contribution in [1.29, 1.82) is 0 Å². The molecule has 1 unspecified atom stereocenters. The monoisotopic (exact) mass is 506 g/mol. The average molecular weight is 507 g/mol. The van der Waals surface area contributed by atoms with Crippen molar-refractivity contribution in [3.8, 4) is 11.4 Å². The van der Waals surface area contributed by atoms with Crippen LogP contribution in [0.15, 0.2) is 46.9 Å². The molecule has 0 radical (unpaired) electrons. The maximum atomic E-state index is 14.5. The number of halogens is 3. The van der Waals surface area contributed by atoms with Gasteiger partial charge in [0.1, 0.15) is 23.1 Å². The Hall–Kier alpha value is -2.65. The SMILES string of the molecule is CC(C)(C)[C@H](c1nc(-c2cc(F)ccc2F)nn1Cc1cccc(Br)c1)C(C)(O)C(N)=O. The van der Waals surface area contributed by atoms with Crippen LogP contribution in [0.4, 0.5) is 8.78 Å². The maximum absolute atomic E-state index is 14.5. The molecule has 0 aliphatic carbocycles. The number of rotatable bonds is 6. The molecule has 0 spiro atoms. The molecule has 32 heavy (non-hydrogen) atoms. The molecule has 1 heterocycles. The van der Waals surface area contributed by atoms with Gasteiger partial charge in [0.15, 0.2) is 5.82 Å². The Morgan fingerprint density at radius 1 is 1.19 bits per heavy atom. The van der Waals surface area contributed by atoms with E-state index in [1.165, 1.54) is 11.6 Å². The molecule has 170 valence electrons. The van der Waals surface area contributed by atoms with Gasteiger partial charge in [-0.25, -0.2) is 18.4 Å². The average Bonchev–Trinajstić information content (AvgIpc) is 3.05. The first-order chi connectivity index (χ1) is 14.8. The number of hydrogen-bond acceptors (Lipinski definition) is 4. The van der Waals surface area contributed by atoms with Crippen LogP contribution in [-0.2, 0) is 11.3 Å². The molecule has 2 aromatic carbocycles. The van der Waals surface area contributed by atoms with Gasteiger partial charge in [-0.15, -0.1) is 0 Å². The second kappa shape index (κ2) is 8.71. The first kappa shape index (κ1) is 24.0. The zero-order valence-electron chi connectivity index (χ0n) is 18.2. The number of primary amides is 1. The highest BCUT2D eigenvalue weighted by molar-refractivity contribution is 9.10. The van der Waals surface area contributed by atoms with Crippen LogP contribution >= 0.6 is 15.9 Å². The molecule has 0 aliphatic heterocycles. The van der Waals surface area contributed by atoms with Gasteiger partial charge in [0.25, 0.3) is 0 Å². The fourth-order valence-electron chi connectivity index (χ4n) is 3.90. The van der Waals surface area contributed by atoms with Gasteiger partial charge in [0, 0.05) is 4.47 Å². The third kappa shape index (κ3) is 4.88.